The van der Waals surface area contributed by atoms with E-state index in [1.165, 1.54) is 4.90 Å². The molecule has 3 N–H and O–H groups in total. The Morgan fingerprint density at radius 3 is 2.60 bits per heavy atom. The number of hydrogen-bond donors (Lipinski definition) is 2. The Morgan fingerprint density at radius 2 is 2.13 bits per heavy atom. The van der Waals surface area contributed by atoms with Crippen molar-refractivity contribution in [1.82, 2.24) is 4.90 Å². The van der Waals surface area contributed by atoms with Gasteiger partial charge in [-0.1, -0.05) is 0 Å². The third-order valence-corrected chi connectivity index (χ3v) is 2.24. The predicted octanol–water partition coefficient (Wildman–Crippen LogP) is 1.32. The summed E-state index contributed by atoms with van der Waals surface area (Å²) in [6.45, 7) is 6.09. The fourth-order valence-corrected chi connectivity index (χ4v) is 1.63. The van der Waals surface area contributed by atoms with Crippen molar-refractivity contribution in [3.05, 3.63) is 0 Å². The van der Waals surface area contributed by atoms with E-state index in [0.717, 1.165) is 12.8 Å². The molecule has 0 radical (unpaired) electrons. The van der Waals surface area contributed by atoms with Crippen molar-refractivity contribution in [2.75, 3.05) is 6.54 Å². The van der Waals surface area contributed by atoms with Gasteiger partial charge in [0, 0.05) is 6.54 Å². The van der Waals surface area contributed by atoms with Crippen molar-refractivity contribution in [2.24, 2.45) is 5.73 Å². The molecule has 0 aromatic carbocycles. The lowest BCUT2D eigenvalue weighted by molar-refractivity contribution is 0.0265. The van der Waals surface area contributed by atoms with Gasteiger partial charge >= 0.3 is 6.09 Å². The van der Waals surface area contributed by atoms with E-state index in [1.807, 2.05) is 20.8 Å². The van der Waals surface area contributed by atoms with E-state index in [2.05, 4.69) is 0 Å². The Morgan fingerprint density at radius 1 is 1.53 bits per heavy atom. The van der Waals surface area contributed by atoms with Gasteiger partial charge in [0.15, 0.2) is 0 Å². The van der Waals surface area contributed by atoms with Crippen molar-refractivity contribution >= 4 is 11.9 Å². The second-order valence-electron chi connectivity index (χ2n) is 4.79. The maximum Gasteiger partial charge on any atom is 0.410 e. The van der Waals surface area contributed by atoms with Crippen LogP contribution in [0.4, 0.5) is 4.79 Å². The molecule has 1 fully saturated rings. The van der Waals surface area contributed by atoms with Gasteiger partial charge in [-0.3, -0.25) is 10.3 Å². The lowest BCUT2D eigenvalue weighted by Gasteiger charge is -2.27. The van der Waals surface area contributed by atoms with Crippen molar-refractivity contribution in [3.63, 3.8) is 0 Å². The molecule has 86 valence electrons. The summed E-state index contributed by atoms with van der Waals surface area (Å²) in [7, 11) is 0. The van der Waals surface area contributed by atoms with Crippen molar-refractivity contribution in [3.8, 4) is 0 Å². The minimum absolute atomic E-state index is 0.0401. The zero-order valence-electron chi connectivity index (χ0n) is 9.54. The van der Waals surface area contributed by atoms with Gasteiger partial charge in [0.2, 0.25) is 0 Å². The van der Waals surface area contributed by atoms with Gasteiger partial charge in [-0.05, 0) is 33.6 Å². The number of ether oxygens (including phenoxy) is 1. The topological polar surface area (TPSA) is 79.4 Å². The number of amides is 1. The first-order valence-corrected chi connectivity index (χ1v) is 5.15. The largest absolute Gasteiger partial charge is 0.444 e. The molecular formula is C10H19N3O2. The van der Waals surface area contributed by atoms with Crippen LogP contribution in [0.5, 0.6) is 0 Å². The Hall–Kier alpha value is -1.26. The summed E-state index contributed by atoms with van der Waals surface area (Å²) in [6.07, 6.45) is 1.26. The van der Waals surface area contributed by atoms with Gasteiger partial charge in [-0.15, -0.1) is 0 Å². The number of amidine groups is 1. The monoisotopic (exact) mass is 213 g/mol. The number of carbonyl (C=O) groups is 1. The van der Waals surface area contributed by atoms with E-state index in [9.17, 15) is 4.79 Å². The molecule has 15 heavy (non-hydrogen) atoms. The highest BCUT2D eigenvalue weighted by Gasteiger charge is 2.33. The Kier molecular flexibility index (Phi) is 3.21. The SMILES string of the molecule is CC(C)(C)OC(=O)N1CCC[C@@H]1C(=N)N. The molecule has 1 aliphatic rings. The average molecular weight is 213 g/mol. The molecule has 0 aromatic heterocycles. The van der Waals surface area contributed by atoms with Crippen LogP contribution in [0.25, 0.3) is 0 Å². The van der Waals surface area contributed by atoms with E-state index in [0.29, 0.717) is 6.54 Å². The predicted molar refractivity (Wildman–Crippen MR) is 57.9 cm³/mol. The van der Waals surface area contributed by atoms with Crippen LogP contribution in [0.3, 0.4) is 0 Å². The summed E-state index contributed by atoms with van der Waals surface area (Å²) in [5, 5.41) is 7.37. The van der Waals surface area contributed by atoms with E-state index in [1.54, 1.807) is 0 Å². The maximum absolute atomic E-state index is 11.7. The van der Waals surface area contributed by atoms with Crippen LogP contribution in [0, 0.1) is 5.41 Å². The van der Waals surface area contributed by atoms with Gasteiger partial charge in [0.05, 0.1) is 6.04 Å². The number of nitrogens with two attached hydrogens (primary N) is 1. The summed E-state index contributed by atoms with van der Waals surface area (Å²) >= 11 is 0. The van der Waals surface area contributed by atoms with Crippen LogP contribution in [-0.4, -0.2) is 35.0 Å². The van der Waals surface area contributed by atoms with Crippen LogP contribution in [0.15, 0.2) is 0 Å². The summed E-state index contributed by atoms with van der Waals surface area (Å²) < 4.78 is 5.24. The molecule has 0 aromatic rings. The second-order valence-corrected chi connectivity index (χ2v) is 4.79. The molecule has 0 saturated carbocycles. The van der Waals surface area contributed by atoms with Gasteiger partial charge < -0.3 is 10.5 Å². The molecule has 0 bridgehead atoms. The van der Waals surface area contributed by atoms with Crippen molar-refractivity contribution in [1.29, 1.82) is 5.41 Å². The maximum atomic E-state index is 11.7. The minimum atomic E-state index is -0.499. The number of rotatable bonds is 1. The van der Waals surface area contributed by atoms with Crippen LogP contribution in [-0.2, 0) is 4.74 Å². The molecule has 1 aliphatic heterocycles. The number of likely N-dealkylation sites (tertiary alicyclic amines) is 1. The van der Waals surface area contributed by atoms with E-state index in [-0.39, 0.29) is 18.0 Å². The Bertz CT molecular complexity index is 270. The highest BCUT2D eigenvalue weighted by Crippen LogP contribution is 2.20. The average Bonchev–Trinajstić information content (AvgIpc) is 2.47. The van der Waals surface area contributed by atoms with E-state index < -0.39 is 5.60 Å². The first-order valence-electron chi connectivity index (χ1n) is 5.15. The highest BCUT2D eigenvalue weighted by molar-refractivity contribution is 5.87. The number of nitrogens with zero attached hydrogens (tertiary/aromatic N) is 1. The molecule has 1 saturated heterocycles. The normalized spacial score (nSPS) is 21.5. The van der Waals surface area contributed by atoms with Crippen molar-refractivity contribution in [2.45, 2.75) is 45.3 Å². The first kappa shape index (κ1) is 11.8. The summed E-state index contributed by atoms with van der Waals surface area (Å²) in [6, 6.07) is -0.278. The van der Waals surface area contributed by atoms with Gasteiger partial charge in [0.25, 0.3) is 0 Å². The van der Waals surface area contributed by atoms with Gasteiger partial charge in [-0.25, -0.2) is 4.79 Å². The van der Waals surface area contributed by atoms with Gasteiger partial charge in [0.1, 0.15) is 11.4 Å². The first-order chi connectivity index (χ1) is 6.81. The number of hydrogen-bond acceptors (Lipinski definition) is 3. The molecule has 0 aliphatic carbocycles. The third kappa shape index (κ3) is 3.11. The fraction of sp³-hybridized carbons (Fsp3) is 0.800. The molecule has 5 nitrogen and oxygen atoms in total. The molecule has 1 rings (SSSR count). The smallest absolute Gasteiger partial charge is 0.410 e. The highest BCUT2D eigenvalue weighted by atomic mass is 16.6. The zero-order valence-corrected chi connectivity index (χ0v) is 9.54. The number of carbonyl (C=O) groups excluding carboxylic acids is 1. The summed E-state index contributed by atoms with van der Waals surface area (Å²) in [5.41, 5.74) is 4.92. The molecule has 0 unspecified atom stereocenters. The molecule has 1 atom stereocenters. The van der Waals surface area contributed by atoms with Crippen LogP contribution >= 0.6 is 0 Å². The molecular weight excluding hydrogens is 194 g/mol. The molecule has 5 heteroatoms. The fourth-order valence-electron chi connectivity index (χ4n) is 1.63. The van der Waals surface area contributed by atoms with Crippen LogP contribution in [0.2, 0.25) is 0 Å². The molecule has 1 amide bonds. The van der Waals surface area contributed by atoms with Crippen molar-refractivity contribution < 1.29 is 9.53 Å². The van der Waals surface area contributed by atoms with Gasteiger partial charge in [-0.2, -0.15) is 0 Å². The second kappa shape index (κ2) is 4.08. The molecule has 0 spiro atoms. The van der Waals surface area contributed by atoms with E-state index in [4.69, 9.17) is 15.9 Å². The number of nitrogens with one attached hydrogen (secondary N) is 1. The molecule has 1 heterocycles. The summed E-state index contributed by atoms with van der Waals surface area (Å²) in [5.74, 6) is 0.0401. The Balaban J connectivity index is 2.63. The standard InChI is InChI=1S/C10H19N3O2/c1-10(2,3)15-9(14)13-6-4-5-7(13)8(11)12/h7H,4-6H2,1-3H3,(H3,11,12)/t7-/m1/s1. The lowest BCUT2D eigenvalue weighted by Crippen LogP contribution is -2.45. The third-order valence-electron chi connectivity index (χ3n) is 2.24. The Labute approximate surface area is 90.1 Å². The minimum Gasteiger partial charge on any atom is -0.444 e. The zero-order chi connectivity index (χ0) is 11.6. The lowest BCUT2D eigenvalue weighted by atomic mass is 10.2. The van der Waals surface area contributed by atoms with Crippen LogP contribution < -0.4 is 5.73 Å². The quantitative estimate of drug-likeness (QED) is 0.509. The summed E-state index contributed by atoms with van der Waals surface area (Å²) in [4.78, 5) is 13.3. The van der Waals surface area contributed by atoms with E-state index >= 15 is 0 Å². The van der Waals surface area contributed by atoms with Crippen LogP contribution in [0.1, 0.15) is 33.6 Å².